The first kappa shape index (κ1) is 20.6. The van der Waals surface area contributed by atoms with E-state index in [4.69, 9.17) is 23.7 Å². The number of methoxy groups -OCH3 is 2. The summed E-state index contributed by atoms with van der Waals surface area (Å²) in [5.41, 5.74) is 2.18. The normalized spacial score (nSPS) is 17.9. The molecule has 1 saturated heterocycles. The van der Waals surface area contributed by atoms with Crippen LogP contribution in [0, 0.1) is 0 Å². The lowest BCUT2D eigenvalue weighted by Crippen LogP contribution is -2.50. The molecule has 1 fully saturated rings. The number of aromatic nitrogens is 1. The van der Waals surface area contributed by atoms with Gasteiger partial charge in [-0.25, -0.2) is 0 Å². The van der Waals surface area contributed by atoms with Crippen LogP contribution in [0.25, 0.3) is 11.1 Å². The van der Waals surface area contributed by atoms with E-state index < -0.39 is 11.4 Å². The van der Waals surface area contributed by atoms with Crippen molar-refractivity contribution < 1.29 is 23.7 Å². The van der Waals surface area contributed by atoms with Gasteiger partial charge in [-0.1, -0.05) is 13.0 Å². The van der Waals surface area contributed by atoms with Crippen LogP contribution in [-0.2, 0) is 19.8 Å². The maximum Gasteiger partial charge on any atom is 0.163 e. The standard InChI is InChI=1S/C22H29NO5/c1-6-9-26-20-11-16(7-8-19(20)24-4)17-10-18(13-23-12-17)22(25-5)14-27-21(2,3)28-15-22/h7-8,10-13H,6,9,14-15H2,1-5H3. The molecule has 0 radical (unpaired) electrons. The van der Waals surface area contributed by atoms with E-state index in [1.807, 2.05) is 38.2 Å². The summed E-state index contributed by atoms with van der Waals surface area (Å²) in [4.78, 5) is 4.44. The van der Waals surface area contributed by atoms with Crippen LogP contribution in [0.5, 0.6) is 11.5 Å². The van der Waals surface area contributed by atoms with Crippen molar-refractivity contribution in [2.45, 2.75) is 38.6 Å². The molecule has 6 heteroatoms. The van der Waals surface area contributed by atoms with Crippen molar-refractivity contribution in [1.82, 2.24) is 4.98 Å². The van der Waals surface area contributed by atoms with E-state index in [0.29, 0.717) is 25.6 Å². The van der Waals surface area contributed by atoms with Crippen LogP contribution in [0.4, 0.5) is 0 Å². The van der Waals surface area contributed by atoms with Crippen molar-refractivity contribution in [2.24, 2.45) is 0 Å². The van der Waals surface area contributed by atoms with Gasteiger partial charge in [0.15, 0.2) is 17.3 Å². The minimum atomic E-state index is -0.688. The summed E-state index contributed by atoms with van der Waals surface area (Å²) in [6, 6.07) is 7.95. The van der Waals surface area contributed by atoms with Crippen LogP contribution in [0.15, 0.2) is 36.7 Å². The summed E-state index contributed by atoms with van der Waals surface area (Å²) in [7, 11) is 3.31. The van der Waals surface area contributed by atoms with Crippen molar-refractivity contribution in [2.75, 3.05) is 34.0 Å². The Morgan fingerprint density at radius 1 is 1.00 bits per heavy atom. The molecule has 0 aliphatic carbocycles. The van der Waals surface area contributed by atoms with Crippen LogP contribution in [0.1, 0.15) is 32.8 Å². The Bertz CT molecular complexity index is 795. The van der Waals surface area contributed by atoms with Crippen molar-refractivity contribution in [3.05, 3.63) is 42.2 Å². The summed E-state index contributed by atoms with van der Waals surface area (Å²) in [5.74, 6) is 0.819. The highest BCUT2D eigenvalue weighted by Crippen LogP contribution is 2.37. The molecule has 1 aliphatic rings. The maximum atomic E-state index is 5.85. The predicted molar refractivity (Wildman–Crippen MR) is 107 cm³/mol. The molecule has 2 heterocycles. The van der Waals surface area contributed by atoms with Crippen molar-refractivity contribution in [3.8, 4) is 22.6 Å². The molecule has 1 aromatic heterocycles. The second kappa shape index (κ2) is 8.47. The Kier molecular flexibility index (Phi) is 6.23. The summed E-state index contributed by atoms with van der Waals surface area (Å²) < 4.78 is 28.8. The fraction of sp³-hybridized carbons (Fsp3) is 0.500. The lowest BCUT2D eigenvalue weighted by molar-refractivity contribution is -0.310. The van der Waals surface area contributed by atoms with Gasteiger partial charge in [0.05, 0.1) is 26.9 Å². The Morgan fingerprint density at radius 3 is 2.39 bits per heavy atom. The number of pyridine rings is 1. The lowest BCUT2D eigenvalue weighted by Gasteiger charge is -2.42. The van der Waals surface area contributed by atoms with Gasteiger partial charge in [-0.2, -0.15) is 0 Å². The third-order valence-electron chi connectivity index (χ3n) is 4.92. The fourth-order valence-electron chi connectivity index (χ4n) is 3.09. The number of hydrogen-bond donors (Lipinski definition) is 0. The van der Waals surface area contributed by atoms with Gasteiger partial charge >= 0.3 is 0 Å². The molecule has 0 saturated carbocycles. The van der Waals surface area contributed by atoms with Gasteiger partial charge in [-0.05, 0) is 44.0 Å². The maximum absolute atomic E-state index is 5.85. The minimum Gasteiger partial charge on any atom is -0.493 e. The first-order valence-electron chi connectivity index (χ1n) is 9.53. The molecular formula is C22H29NO5. The zero-order chi connectivity index (χ0) is 20.2. The smallest absolute Gasteiger partial charge is 0.163 e. The van der Waals surface area contributed by atoms with E-state index in [9.17, 15) is 0 Å². The molecule has 2 aromatic rings. The first-order valence-corrected chi connectivity index (χ1v) is 9.53. The molecule has 28 heavy (non-hydrogen) atoms. The highest BCUT2D eigenvalue weighted by molar-refractivity contribution is 5.67. The lowest BCUT2D eigenvalue weighted by atomic mass is 9.93. The second-order valence-corrected chi connectivity index (χ2v) is 7.35. The molecule has 0 N–H and O–H groups in total. The third-order valence-corrected chi connectivity index (χ3v) is 4.92. The molecule has 0 amide bonds. The van der Waals surface area contributed by atoms with Crippen LogP contribution < -0.4 is 9.47 Å². The summed E-state index contributed by atoms with van der Waals surface area (Å²) in [6.45, 7) is 7.30. The van der Waals surface area contributed by atoms with Crippen LogP contribution in [-0.4, -0.2) is 44.8 Å². The van der Waals surface area contributed by atoms with Crippen LogP contribution in [0.3, 0.4) is 0 Å². The molecule has 0 atom stereocenters. The third kappa shape index (κ3) is 4.29. The Morgan fingerprint density at radius 2 is 1.75 bits per heavy atom. The minimum absolute atomic E-state index is 0.398. The van der Waals surface area contributed by atoms with E-state index >= 15 is 0 Å². The molecule has 152 valence electrons. The van der Waals surface area contributed by atoms with Crippen molar-refractivity contribution >= 4 is 0 Å². The average molecular weight is 387 g/mol. The number of hydrogen-bond acceptors (Lipinski definition) is 6. The SMILES string of the molecule is CCCOc1cc(-c2cncc(C3(OC)COC(C)(C)OC3)c2)ccc1OC. The molecule has 0 bridgehead atoms. The van der Waals surface area contributed by atoms with Crippen LogP contribution in [0.2, 0.25) is 0 Å². The summed E-state index contributed by atoms with van der Waals surface area (Å²) in [6.07, 6.45) is 4.56. The van der Waals surface area contributed by atoms with Gasteiger partial charge in [-0.3, -0.25) is 4.98 Å². The van der Waals surface area contributed by atoms with Gasteiger partial charge in [0.1, 0.15) is 5.60 Å². The van der Waals surface area contributed by atoms with E-state index in [1.165, 1.54) is 0 Å². The monoisotopic (exact) mass is 387 g/mol. The Labute approximate surface area is 166 Å². The molecule has 3 rings (SSSR count). The van der Waals surface area contributed by atoms with Crippen molar-refractivity contribution in [3.63, 3.8) is 0 Å². The fourth-order valence-corrected chi connectivity index (χ4v) is 3.09. The summed E-state index contributed by atoms with van der Waals surface area (Å²) in [5, 5.41) is 0. The van der Waals surface area contributed by atoms with Crippen LogP contribution >= 0.6 is 0 Å². The number of ether oxygens (including phenoxy) is 5. The number of benzene rings is 1. The average Bonchev–Trinajstić information content (AvgIpc) is 2.72. The molecule has 1 aromatic carbocycles. The van der Waals surface area contributed by atoms with Gasteiger partial charge in [0.25, 0.3) is 0 Å². The molecule has 0 spiro atoms. The zero-order valence-electron chi connectivity index (χ0n) is 17.3. The highest BCUT2D eigenvalue weighted by atomic mass is 16.7. The van der Waals surface area contributed by atoms with Gasteiger partial charge in [-0.15, -0.1) is 0 Å². The number of rotatable bonds is 7. The first-order chi connectivity index (χ1) is 13.4. The van der Waals surface area contributed by atoms with E-state index in [1.54, 1.807) is 20.4 Å². The van der Waals surface area contributed by atoms with Gasteiger partial charge in [0.2, 0.25) is 0 Å². The van der Waals surface area contributed by atoms with E-state index in [-0.39, 0.29) is 0 Å². The quantitative estimate of drug-likeness (QED) is 0.711. The highest BCUT2D eigenvalue weighted by Gasteiger charge is 2.42. The molecular weight excluding hydrogens is 358 g/mol. The largest absolute Gasteiger partial charge is 0.493 e. The summed E-state index contributed by atoms with van der Waals surface area (Å²) >= 11 is 0. The predicted octanol–water partition coefficient (Wildman–Crippen LogP) is 4.17. The van der Waals surface area contributed by atoms with E-state index in [0.717, 1.165) is 28.9 Å². The van der Waals surface area contributed by atoms with E-state index in [2.05, 4.69) is 18.0 Å². The van der Waals surface area contributed by atoms with Gasteiger partial charge in [0, 0.05) is 30.6 Å². The van der Waals surface area contributed by atoms with Gasteiger partial charge < -0.3 is 23.7 Å². The number of nitrogens with zero attached hydrogens (tertiary/aromatic N) is 1. The Hall–Kier alpha value is -2.15. The van der Waals surface area contributed by atoms with Crippen molar-refractivity contribution in [1.29, 1.82) is 0 Å². The molecule has 6 nitrogen and oxygen atoms in total. The second-order valence-electron chi connectivity index (χ2n) is 7.35. The molecule has 0 unspecified atom stereocenters. The Balaban J connectivity index is 1.93. The zero-order valence-corrected chi connectivity index (χ0v) is 17.3. The molecule has 1 aliphatic heterocycles. The topological polar surface area (TPSA) is 59.0 Å².